The van der Waals surface area contributed by atoms with E-state index in [0.29, 0.717) is 31.6 Å². The molecule has 1 aliphatic rings. The van der Waals surface area contributed by atoms with Crippen LogP contribution in [0.1, 0.15) is 40.0 Å². The summed E-state index contributed by atoms with van der Waals surface area (Å²) in [6.45, 7) is 6.68. The quantitative estimate of drug-likeness (QED) is 0.776. The number of nitrogens with zero attached hydrogens (tertiary/aromatic N) is 5. The van der Waals surface area contributed by atoms with Crippen LogP contribution in [0.25, 0.3) is 5.69 Å². The number of tetrazole rings is 1. The van der Waals surface area contributed by atoms with Crippen molar-refractivity contribution in [2.45, 2.75) is 50.5 Å². The van der Waals surface area contributed by atoms with E-state index in [1.807, 2.05) is 20.8 Å². The van der Waals surface area contributed by atoms with Gasteiger partial charge in [-0.2, -0.15) is 4.31 Å². The van der Waals surface area contributed by atoms with Crippen LogP contribution in [0.3, 0.4) is 0 Å². The molecule has 3 rings (SSSR count). The van der Waals surface area contributed by atoms with Gasteiger partial charge >= 0.3 is 0 Å². The minimum absolute atomic E-state index is 0.00897. The zero-order chi connectivity index (χ0) is 20.4. The minimum atomic E-state index is -3.60. The molecule has 0 saturated carbocycles. The van der Waals surface area contributed by atoms with Crippen molar-refractivity contribution in [2.24, 2.45) is 5.92 Å². The topological polar surface area (TPSA) is 110 Å². The molecule has 9 nitrogen and oxygen atoms in total. The summed E-state index contributed by atoms with van der Waals surface area (Å²) in [5.41, 5.74) is 0.430. The molecule has 1 aliphatic heterocycles. The molecule has 152 valence electrons. The number of aromatic nitrogens is 4. The summed E-state index contributed by atoms with van der Waals surface area (Å²) in [4.78, 5) is 12.7. The molecule has 1 aromatic heterocycles. The third-order valence-electron chi connectivity index (χ3n) is 5.26. The van der Waals surface area contributed by atoms with Gasteiger partial charge in [0.25, 0.3) is 0 Å². The van der Waals surface area contributed by atoms with Crippen molar-refractivity contribution in [1.82, 2.24) is 29.8 Å². The molecular weight excluding hydrogens is 380 g/mol. The Morgan fingerprint density at radius 2 is 1.86 bits per heavy atom. The summed E-state index contributed by atoms with van der Waals surface area (Å²) >= 11 is 0. The van der Waals surface area contributed by atoms with Crippen molar-refractivity contribution < 1.29 is 13.2 Å². The van der Waals surface area contributed by atoms with Crippen LogP contribution in [0.5, 0.6) is 0 Å². The minimum Gasteiger partial charge on any atom is -0.351 e. The molecule has 1 amide bonds. The van der Waals surface area contributed by atoms with Crippen LogP contribution in [0.2, 0.25) is 0 Å². The molecule has 1 aromatic carbocycles. The van der Waals surface area contributed by atoms with E-state index >= 15 is 0 Å². The number of piperidine rings is 1. The van der Waals surface area contributed by atoms with E-state index in [-0.39, 0.29) is 22.3 Å². The van der Waals surface area contributed by atoms with Crippen molar-refractivity contribution in [2.75, 3.05) is 13.1 Å². The Morgan fingerprint density at radius 1 is 1.21 bits per heavy atom. The van der Waals surface area contributed by atoms with Crippen LogP contribution in [-0.4, -0.2) is 57.5 Å². The second-order valence-electron chi connectivity index (χ2n) is 7.65. The molecule has 0 bridgehead atoms. The number of amides is 1. The Kier molecular flexibility index (Phi) is 5.80. The fourth-order valence-electron chi connectivity index (χ4n) is 3.08. The van der Waals surface area contributed by atoms with Gasteiger partial charge in [-0.05, 0) is 67.8 Å². The van der Waals surface area contributed by atoms with E-state index in [4.69, 9.17) is 0 Å². The molecule has 10 heteroatoms. The molecule has 0 radical (unpaired) electrons. The van der Waals surface area contributed by atoms with Gasteiger partial charge < -0.3 is 5.32 Å². The highest BCUT2D eigenvalue weighted by Gasteiger charge is 2.33. The lowest BCUT2D eigenvalue weighted by molar-refractivity contribution is -0.127. The zero-order valence-electron chi connectivity index (χ0n) is 16.4. The number of carbonyl (C=O) groups excluding carboxylic acids is 1. The van der Waals surface area contributed by atoms with E-state index in [1.54, 1.807) is 24.3 Å². The smallest absolute Gasteiger partial charge is 0.243 e. The van der Waals surface area contributed by atoms with Gasteiger partial charge in [-0.15, -0.1) is 5.10 Å². The number of carbonyl (C=O) groups is 1. The maximum atomic E-state index is 12.9. The first kappa shape index (κ1) is 20.4. The van der Waals surface area contributed by atoms with Gasteiger partial charge in [0.2, 0.25) is 15.9 Å². The lowest BCUT2D eigenvalue weighted by atomic mass is 9.94. The highest BCUT2D eigenvalue weighted by molar-refractivity contribution is 7.89. The number of hydrogen-bond donors (Lipinski definition) is 1. The zero-order valence-corrected chi connectivity index (χ0v) is 17.2. The average molecular weight is 407 g/mol. The molecule has 1 saturated heterocycles. The van der Waals surface area contributed by atoms with Crippen LogP contribution in [0.15, 0.2) is 35.5 Å². The van der Waals surface area contributed by atoms with Crippen molar-refractivity contribution >= 4 is 15.9 Å². The predicted octanol–water partition coefficient (Wildman–Crippen LogP) is 1.37. The highest BCUT2D eigenvalue weighted by Crippen LogP contribution is 2.25. The summed E-state index contributed by atoms with van der Waals surface area (Å²) in [6.07, 6.45) is 3.33. The van der Waals surface area contributed by atoms with Crippen molar-refractivity contribution in [1.29, 1.82) is 0 Å². The first-order valence-electron chi connectivity index (χ1n) is 9.38. The van der Waals surface area contributed by atoms with Gasteiger partial charge in [-0.3, -0.25) is 4.79 Å². The number of nitrogens with one attached hydrogen (secondary N) is 1. The van der Waals surface area contributed by atoms with Crippen molar-refractivity contribution in [3.8, 4) is 5.69 Å². The van der Waals surface area contributed by atoms with E-state index in [2.05, 4.69) is 20.8 Å². The number of rotatable bonds is 6. The summed E-state index contributed by atoms with van der Waals surface area (Å²) in [5, 5.41) is 14.0. The van der Waals surface area contributed by atoms with Gasteiger partial charge in [0, 0.05) is 24.5 Å². The molecule has 0 aliphatic carbocycles. The van der Waals surface area contributed by atoms with E-state index in [1.165, 1.54) is 15.3 Å². The third-order valence-corrected chi connectivity index (χ3v) is 7.17. The first-order chi connectivity index (χ1) is 13.2. The van der Waals surface area contributed by atoms with Gasteiger partial charge in [0.15, 0.2) is 0 Å². The lowest BCUT2D eigenvalue weighted by Gasteiger charge is -2.33. The Labute approximate surface area is 165 Å². The molecule has 28 heavy (non-hydrogen) atoms. The van der Waals surface area contributed by atoms with Crippen LogP contribution in [-0.2, 0) is 14.8 Å². The van der Waals surface area contributed by atoms with E-state index in [9.17, 15) is 13.2 Å². The molecule has 2 aromatic rings. The van der Waals surface area contributed by atoms with Crippen molar-refractivity contribution in [3.63, 3.8) is 0 Å². The molecule has 0 atom stereocenters. The second-order valence-corrected chi connectivity index (χ2v) is 9.59. The Bertz CT molecular complexity index is 901. The van der Waals surface area contributed by atoms with Gasteiger partial charge in [0.1, 0.15) is 6.33 Å². The number of sulfonamides is 1. The maximum Gasteiger partial charge on any atom is 0.243 e. The summed E-state index contributed by atoms with van der Waals surface area (Å²) in [6, 6.07) is 6.43. The molecule has 1 N–H and O–H groups in total. The van der Waals surface area contributed by atoms with Gasteiger partial charge in [0.05, 0.1) is 10.6 Å². The third kappa shape index (κ3) is 4.39. The number of benzene rings is 1. The van der Waals surface area contributed by atoms with Crippen LogP contribution < -0.4 is 5.32 Å². The van der Waals surface area contributed by atoms with Crippen LogP contribution in [0.4, 0.5) is 0 Å². The Hall–Kier alpha value is -2.33. The maximum absolute atomic E-state index is 12.9. The second kappa shape index (κ2) is 7.96. The SMILES string of the molecule is CCC(C)(C)NC(=O)C1CCN(S(=O)(=O)c2ccc(-n3cnnn3)cc2)CC1. The predicted molar refractivity (Wildman–Crippen MR) is 103 cm³/mol. The largest absolute Gasteiger partial charge is 0.351 e. The lowest BCUT2D eigenvalue weighted by Crippen LogP contribution is -2.48. The molecule has 0 spiro atoms. The molecular formula is C18H26N6O3S. The monoisotopic (exact) mass is 406 g/mol. The summed E-state index contributed by atoms with van der Waals surface area (Å²) in [7, 11) is -3.60. The number of hydrogen-bond acceptors (Lipinski definition) is 6. The fourth-order valence-corrected chi connectivity index (χ4v) is 4.55. The van der Waals surface area contributed by atoms with Crippen molar-refractivity contribution in [3.05, 3.63) is 30.6 Å². The summed E-state index contributed by atoms with van der Waals surface area (Å²) in [5.74, 6) is -0.144. The van der Waals surface area contributed by atoms with E-state index < -0.39 is 10.0 Å². The first-order valence-corrected chi connectivity index (χ1v) is 10.8. The molecule has 1 fully saturated rings. The van der Waals surface area contributed by atoms with Crippen LogP contribution >= 0.6 is 0 Å². The molecule has 0 unspecified atom stereocenters. The Balaban J connectivity index is 1.64. The standard InChI is InChI=1S/C18H26N6O3S/c1-4-18(2,3)20-17(25)14-9-11-23(12-10-14)28(26,27)16-7-5-15(6-8-16)24-13-19-21-22-24/h5-8,13-14H,4,9-12H2,1-3H3,(H,20,25). The van der Waals surface area contributed by atoms with E-state index in [0.717, 1.165) is 6.42 Å². The van der Waals surface area contributed by atoms with Gasteiger partial charge in [-0.1, -0.05) is 6.92 Å². The van der Waals surface area contributed by atoms with Crippen LogP contribution in [0, 0.1) is 5.92 Å². The average Bonchev–Trinajstić information content (AvgIpc) is 3.23. The fraction of sp³-hybridized carbons (Fsp3) is 0.556. The summed E-state index contributed by atoms with van der Waals surface area (Å²) < 4.78 is 28.7. The highest BCUT2D eigenvalue weighted by atomic mass is 32.2. The Morgan fingerprint density at radius 3 is 2.39 bits per heavy atom. The normalized spacial score (nSPS) is 16.8. The van der Waals surface area contributed by atoms with Gasteiger partial charge in [-0.25, -0.2) is 13.1 Å². The molecule has 2 heterocycles.